The molecule has 0 amide bonds. The van der Waals surface area contributed by atoms with Crippen molar-refractivity contribution in [2.75, 3.05) is 0 Å². The van der Waals surface area contributed by atoms with Gasteiger partial charge < -0.3 is 9.47 Å². The summed E-state index contributed by atoms with van der Waals surface area (Å²) in [5.74, 6) is 1.68. The number of para-hydroxylation sites is 1. The molecular formula is C17H13Br3O2. The fraction of sp³-hybridized carbons (Fsp3) is 0.176. The van der Waals surface area contributed by atoms with Crippen LogP contribution in [-0.4, -0.2) is 12.2 Å². The zero-order chi connectivity index (χ0) is 15.5. The molecule has 5 heteroatoms. The highest BCUT2D eigenvalue weighted by Gasteiger charge is 2.23. The van der Waals surface area contributed by atoms with Gasteiger partial charge in [-0.2, -0.15) is 0 Å². The van der Waals surface area contributed by atoms with Crippen LogP contribution in [-0.2, 0) is 0 Å². The first-order valence-electron chi connectivity index (χ1n) is 6.83. The molecule has 2 atom stereocenters. The van der Waals surface area contributed by atoms with Crippen LogP contribution in [0.5, 0.6) is 11.5 Å². The Hall–Kier alpha value is -0.780. The van der Waals surface area contributed by atoms with E-state index in [0.29, 0.717) is 0 Å². The maximum Gasteiger partial charge on any atom is 0.148 e. The molecule has 0 saturated heterocycles. The van der Waals surface area contributed by atoms with Crippen molar-refractivity contribution in [3.05, 3.63) is 68.0 Å². The van der Waals surface area contributed by atoms with Gasteiger partial charge in [0.25, 0.3) is 0 Å². The topological polar surface area (TPSA) is 18.5 Å². The first-order chi connectivity index (χ1) is 10.6. The lowest BCUT2D eigenvalue weighted by Crippen LogP contribution is -2.18. The molecule has 1 aliphatic carbocycles. The number of rotatable bonds is 4. The lowest BCUT2D eigenvalue weighted by molar-refractivity contribution is 0.179. The van der Waals surface area contributed by atoms with E-state index < -0.39 is 0 Å². The van der Waals surface area contributed by atoms with Gasteiger partial charge in [0.2, 0.25) is 0 Å². The van der Waals surface area contributed by atoms with E-state index in [2.05, 4.69) is 59.9 Å². The van der Waals surface area contributed by atoms with Crippen molar-refractivity contribution in [1.29, 1.82) is 0 Å². The molecule has 2 nitrogen and oxygen atoms in total. The van der Waals surface area contributed by atoms with Crippen molar-refractivity contribution in [2.45, 2.75) is 18.6 Å². The predicted molar refractivity (Wildman–Crippen MR) is 98.6 cm³/mol. The Morgan fingerprint density at radius 3 is 2.05 bits per heavy atom. The average molecular weight is 489 g/mol. The van der Waals surface area contributed by atoms with Crippen LogP contribution < -0.4 is 9.47 Å². The van der Waals surface area contributed by atoms with Crippen LogP contribution in [0.15, 0.2) is 68.0 Å². The molecule has 0 unspecified atom stereocenters. The molecule has 0 fully saturated rings. The van der Waals surface area contributed by atoms with E-state index in [4.69, 9.17) is 9.47 Å². The van der Waals surface area contributed by atoms with Crippen molar-refractivity contribution in [3.8, 4) is 11.5 Å². The van der Waals surface area contributed by atoms with Crippen LogP contribution in [0.25, 0.3) is 0 Å². The van der Waals surface area contributed by atoms with Gasteiger partial charge >= 0.3 is 0 Å². The Morgan fingerprint density at radius 2 is 1.41 bits per heavy atom. The number of halogens is 3. The van der Waals surface area contributed by atoms with Gasteiger partial charge in [-0.25, -0.2) is 0 Å². The summed E-state index contributed by atoms with van der Waals surface area (Å²) in [5.41, 5.74) is 0. The Morgan fingerprint density at radius 1 is 0.818 bits per heavy atom. The van der Waals surface area contributed by atoms with Crippen LogP contribution in [0, 0.1) is 0 Å². The number of benzene rings is 2. The van der Waals surface area contributed by atoms with Crippen LogP contribution in [0.3, 0.4) is 0 Å². The smallest absolute Gasteiger partial charge is 0.148 e. The van der Waals surface area contributed by atoms with Gasteiger partial charge in [0.05, 0.1) is 8.95 Å². The Balaban J connectivity index is 1.64. The lowest BCUT2D eigenvalue weighted by atomic mass is 10.2. The first kappa shape index (κ1) is 16.1. The summed E-state index contributed by atoms with van der Waals surface area (Å²) >= 11 is 10.5. The summed E-state index contributed by atoms with van der Waals surface area (Å²) in [4.78, 5) is 0. The van der Waals surface area contributed by atoms with E-state index in [1.54, 1.807) is 0 Å². The Kier molecular flexibility index (Phi) is 5.26. The third-order valence-corrected chi connectivity index (χ3v) is 4.90. The summed E-state index contributed by atoms with van der Waals surface area (Å²) in [5, 5.41) is 0. The molecule has 22 heavy (non-hydrogen) atoms. The number of ether oxygens (including phenoxy) is 2. The predicted octanol–water partition coefficient (Wildman–Crippen LogP) is 6.13. The largest absolute Gasteiger partial charge is 0.486 e. The highest BCUT2D eigenvalue weighted by molar-refractivity contribution is 9.11. The fourth-order valence-electron chi connectivity index (χ4n) is 2.28. The summed E-state index contributed by atoms with van der Waals surface area (Å²) in [6, 6.07) is 13.8. The quantitative estimate of drug-likeness (QED) is 0.482. The van der Waals surface area contributed by atoms with Gasteiger partial charge in [0.1, 0.15) is 23.7 Å². The lowest BCUT2D eigenvalue weighted by Gasteiger charge is -2.18. The Bertz CT molecular complexity index is 663. The molecule has 1 aliphatic rings. The van der Waals surface area contributed by atoms with E-state index in [0.717, 1.165) is 31.3 Å². The van der Waals surface area contributed by atoms with Crippen molar-refractivity contribution in [2.24, 2.45) is 0 Å². The number of hydrogen-bond acceptors (Lipinski definition) is 2. The maximum atomic E-state index is 6.08. The summed E-state index contributed by atoms with van der Waals surface area (Å²) in [6.45, 7) is 0. The standard InChI is InChI=1S/C17H13Br3O2/c18-11-8-15(19)17(16(20)9-11)22-14-7-6-13(10-14)21-12-4-2-1-3-5-12/h1-9,13-14H,10H2/t13-,14-/m1/s1. The molecule has 0 aliphatic heterocycles. The van der Waals surface area contributed by atoms with E-state index in [-0.39, 0.29) is 12.2 Å². The minimum absolute atomic E-state index is 0.00230. The highest BCUT2D eigenvalue weighted by atomic mass is 79.9. The van der Waals surface area contributed by atoms with Gasteiger partial charge in [0.15, 0.2) is 0 Å². The van der Waals surface area contributed by atoms with Crippen molar-refractivity contribution in [3.63, 3.8) is 0 Å². The van der Waals surface area contributed by atoms with Gasteiger partial charge in [-0.05, 0) is 68.3 Å². The zero-order valence-electron chi connectivity index (χ0n) is 11.5. The summed E-state index contributed by atoms with van der Waals surface area (Å²) in [6.07, 6.45) is 4.94. The van der Waals surface area contributed by atoms with Crippen LogP contribution in [0.2, 0.25) is 0 Å². The van der Waals surface area contributed by atoms with Gasteiger partial charge in [-0.3, -0.25) is 0 Å². The monoisotopic (exact) mass is 486 g/mol. The fourth-order valence-corrected chi connectivity index (χ4v) is 4.72. The summed E-state index contributed by atoms with van der Waals surface area (Å²) < 4.78 is 14.8. The normalized spacial score (nSPS) is 20.1. The Labute approximate surface area is 154 Å². The van der Waals surface area contributed by atoms with Crippen LogP contribution in [0.4, 0.5) is 0 Å². The molecule has 0 spiro atoms. The molecule has 0 bridgehead atoms. The molecule has 114 valence electrons. The average Bonchev–Trinajstić information content (AvgIpc) is 2.91. The molecule has 0 N–H and O–H groups in total. The highest BCUT2D eigenvalue weighted by Crippen LogP contribution is 2.38. The summed E-state index contributed by atoms with van der Waals surface area (Å²) in [7, 11) is 0. The third-order valence-electron chi connectivity index (χ3n) is 3.27. The molecule has 0 saturated carbocycles. The molecular weight excluding hydrogens is 476 g/mol. The second-order valence-electron chi connectivity index (χ2n) is 4.94. The van der Waals surface area contributed by atoms with Crippen molar-refractivity contribution in [1.82, 2.24) is 0 Å². The third kappa shape index (κ3) is 3.94. The molecule has 0 radical (unpaired) electrons. The van der Waals surface area contributed by atoms with Gasteiger partial charge in [-0.15, -0.1) is 0 Å². The molecule has 3 rings (SSSR count). The van der Waals surface area contributed by atoms with Crippen molar-refractivity contribution >= 4 is 47.8 Å². The number of hydrogen-bond donors (Lipinski definition) is 0. The minimum Gasteiger partial charge on any atom is -0.486 e. The molecule has 2 aromatic carbocycles. The van der Waals surface area contributed by atoms with Crippen LogP contribution in [0.1, 0.15) is 6.42 Å². The first-order valence-corrected chi connectivity index (χ1v) is 9.21. The SMILES string of the molecule is Brc1cc(Br)c(O[C@@H]2C=C[C@@H](Oc3ccccc3)C2)c(Br)c1. The van der Waals surface area contributed by atoms with Gasteiger partial charge in [-0.1, -0.05) is 34.1 Å². The molecule has 2 aromatic rings. The second-order valence-corrected chi connectivity index (χ2v) is 7.57. The molecule has 0 aromatic heterocycles. The second kappa shape index (κ2) is 7.20. The van der Waals surface area contributed by atoms with E-state index in [1.807, 2.05) is 42.5 Å². The zero-order valence-corrected chi connectivity index (χ0v) is 16.3. The van der Waals surface area contributed by atoms with E-state index in [9.17, 15) is 0 Å². The minimum atomic E-state index is 0.00230. The van der Waals surface area contributed by atoms with E-state index >= 15 is 0 Å². The van der Waals surface area contributed by atoms with Gasteiger partial charge in [0, 0.05) is 10.9 Å². The molecule has 0 heterocycles. The van der Waals surface area contributed by atoms with E-state index in [1.165, 1.54) is 0 Å². The van der Waals surface area contributed by atoms with Crippen LogP contribution >= 0.6 is 47.8 Å². The van der Waals surface area contributed by atoms with Crippen molar-refractivity contribution < 1.29 is 9.47 Å². The maximum absolute atomic E-state index is 6.08.